The van der Waals surface area contributed by atoms with Gasteiger partial charge in [0.25, 0.3) is 0 Å². The van der Waals surface area contributed by atoms with Crippen LogP contribution in [0.25, 0.3) is 0 Å². The minimum Gasteiger partial charge on any atom is -0.386 e. The number of hydrogen-bond acceptors (Lipinski definition) is 3. The van der Waals surface area contributed by atoms with Gasteiger partial charge in [-0.15, -0.1) is 0 Å². The smallest absolute Gasteiger partial charge is 0.107 e. The first-order valence-electron chi connectivity index (χ1n) is 2.91. The Hall–Kier alpha value is -0.640. The van der Waals surface area contributed by atoms with Crippen LogP contribution in [0.15, 0.2) is 27.5 Å². The molecule has 1 aliphatic rings. The van der Waals surface area contributed by atoms with E-state index in [1.54, 1.807) is 0 Å². The van der Waals surface area contributed by atoms with Crippen LogP contribution in [-0.2, 0) is 0 Å². The van der Waals surface area contributed by atoms with Gasteiger partial charge in [-0.3, -0.25) is 0 Å². The van der Waals surface area contributed by atoms with Crippen LogP contribution in [0, 0.1) is 4.91 Å². The molecule has 10 heavy (non-hydrogen) atoms. The molecule has 1 aliphatic heterocycles. The Morgan fingerprint density at radius 2 is 2.60 bits per heavy atom. The molecule has 1 heterocycles. The molecular formula is C6H7BrN2O. The summed E-state index contributed by atoms with van der Waals surface area (Å²) in [5.74, 6) is 0. The van der Waals surface area contributed by atoms with E-state index < -0.39 is 0 Å². The monoisotopic (exact) mass is 202 g/mol. The molecule has 54 valence electrons. The summed E-state index contributed by atoms with van der Waals surface area (Å²) in [7, 11) is 0. The lowest BCUT2D eigenvalue weighted by Gasteiger charge is -2.08. The second-order valence-electron chi connectivity index (χ2n) is 1.93. The molecule has 0 atom stereocenters. The quantitative estimate of drug-likeness (QED) is 0.691. The molecule has 1 N–H and O–H groups in total. The van der Waals surface area contributed by atoms with E-state index in [0.717, 1.165) is 16.6 Å². The van der Waals surface area contributed by atoms with Crippen LogP contribution in [0.3, 0.4) is 0 Å². The maximum atomic E-state index is 9.86. The first-order chi connectivity index (χ1) is 4.84. The molecule has 0 aliphatic carbocycles. The number of hydrogen-bond donors (Lipinski definition) is 1. The zero-order valence-corrected chi connectivity index (χ0v) is 6.89. The highest BCUT2D eigenvalue weighted by Gasteiger charge is 2.03. The van der Waals surface area contributed by atoms with Crippen molar-refractivity contribution in [1.82, 2.24) is 5.32 Å². The first-order valence-corrected chi connectivity index (χ1v) is 3.70. The molecule has 1 rings (SSSR count). The van der Waals surface area contributed by atoms with Crippen molar-refractivity contribution in [3.05, 3.63) is 27.2 Å². The number of halogens is 1. The van der Waals surface area contributed by atoms with E-state index in [4.69, 9.17) is 0 Å². The van der Waals surface area contributed by atoms with Crippen LogP contribution in [0.2, 0.25) is 0 Å². The highest BCUT2D eigenvalue weighted by molar-refractivity contribution is 9.11. The van der Waals surface area contributed by atoms with Gasteiger partial charge in [0.15, 0.2) is 0 Å². The van der Waals surface area contributed by atoms with Crippen LogP contribution in [0.1, 0.15) is 0 Å². The highest BCUT2D eigenvalue weighted by atomic mass is 79.9. The van der Waals surface area contributed by atoms with Crippen molar-refractivity contribution < 1.29 is 0 Å². The van der Waals surface area contributed by atoms with Crippen molar-refractivity contribution >= 4 is 15.9 Å². The fraction of sp³-hybridized carbons (Fsp3) is 0.333. The SMILES string of the molecule is O=NCC1=C(Br)CNC=C1. The van der Waals surface area contributed by atoms with Gasteiger partial charge in [0.1, 0.15) is 6.54 Å². The van der Waals surface area contributed by atoms with Crippen molar-refractivity contribution in [1.29, 1.82) is 0 Å². The predicted molar refractivity (Wildman–Crippen MR) is 43.8 cm³/mol. The molecule has 0 saturated carbocycles. The van der Waals surface area contributed by atoms with Gasteiger partial charge in [-0.05, 0) is 17.8 Å². The van der Waals surface area contributed by atoms with E-state index in [9.17, 15) is 4.91 Å². The summed E-state index contributed by atoms with van der Waals surface area (Å²) in [6.07, 6.45) is 3.65. The number of nitrogens with one attached hydrogen (secondary N) is 1. The average molecular weight is 203 g/mol. The Bertz CT molecular complexity index is 198. The van der Waals surface area contributed by atoms with Gasteiger partial charge >= 0.3 is 0 Å². The van der Waals surface area contributed by atoms with Gasteiger partial charge in [0.05, 0.1) is 0 Å². The van der Waals surface area contributed by atoms with Crippen molar-refractivity contribution in [3.8, 4) is 0 Å². The van der Waals surface area contributed by atoms with Crippen molar-refractivity contribution in [2.45, 2.75) is 0 Å². The maximum Gasteiger partial charge on any atom is 0.107 e. The molecule has 0 fully saturated rings. The zero-order valence-electron chi connectivity index (χ0n) is 5.30. The molecule has 0 aromatic carbocycles. The van der Waals surface area contributed by atoms with E-state index in [1.807, 2.05) is 12.3 Å². The Labute approximate surface area is 67.3 Å². The average Bonchev–Trinajstić information content (AvgIpc) is 1.94. The second-order valence-corrected chi connectivity index (χ2v) is 2.89. The minimum absolute atomic E-state index is 0.249. The molecule has 0 aromatic heterocycles. The Balaban J connectivity index is 2.69. The summed E-state index contributed by atoms with van der Waals surface area (Å²) in [6.45, 7) is 1.00. The molecule has 4 heteroatoms. The molecule has 0 saturated heterocycles. The Kier molecular flexibility index (Phi) is 2.62. The molecule has 0 radical (unpaired) electrons. The third-order valence-corrected chi connectivity index (χ3v) is 2.03. The minimum atomic E-state index is 0.249. The predicted octanol–water partition coefficient (Wildman–Crippen LogP) is 1.52. The second kappa shape index (κ2) is 3.51. The topological polar surface area (TPSA) is 41.5 Å². The van der Waals surface area contributed by atoms with Crippen molar-refractivity contribution in [2.75, 3.05) is 13.1 Å². The molecule has 3 nitrogen and oxygen atoms in total. The lowest BCUT2D eigenvalue weighted by molar-refractivity contribution is 0.936. The summed E-state index contributed by atoms with van der Waals surface area (Å²) in [5, 5.41) is 5.79. The van der Waals surface area contributed by atoms with Gasteiger partial charge in [0, 0.05) is 11.0 Å². The van der Waals surface area contributed by atoms with Gasteiger partial charge in [0.2, 0.25) is 0 Å². The van der Waals surface area contributed by atoms with Crippen LogP contribution >= 0.6 is 15.9 Å². The fourth-order valence-electron chi connectivity index (χ4n) is 0.720. The maximum absolute atomic E-state index is 9.86. The largest absolute Gasteiger partial charge is 0.386 e. The number of dihydropyridines is 1. The third-order valence-electron chi connectivity index (χ3n) is 1.24. The van der Waals surface area contributed by atoms with E-state index >= 15 is 0 Å². The van der Waals surface area contributed by atoms with Crippen molar-refractivity contribution in [2.24, 2.45) is 5.18 Å². The van der Waals surface area contributed by atoms with Gasteiger partial charge < -0.3 is 5.32 Å². The number of nitrogens with zero attached hydrogens (tertiary/aromatic N) is 1. The number of nitroso groups, excluding NO2 is 1. The molecule has 0 aromatic rings. The lowest BCUT2D eigenvalue weighted by Crippen LogP contribution is -2.13. The van der Waals surface area contributed by atoms with Crippen LogP contribution in [0.5, 0.6) is 0 Å². The Morgan fingerprint density at radius 1 is 1.80 bits per heavy atom. The standard InChI is InChI=1S/C6H7BrN2O/c7-6-4-8-2-1-5(6)3-9-10/h1-2,8H,3-4H2. The number of rotatable bonds is 2. The van der Waals surface area contributed by atoms with E-state index in [-0.39, 0.29) is 6.54 Å². The summed E-state index contributed by atoms with van der Waals surface area (Å²) in [4.78, 5) is 9.86. The highest BCUT2D eigenvalue weighted by Crippen LogP contribution is 2.15. The molecule has 0 spiro atoms. The molecular weight excluding hydrogens is 196 g/mol. The molecule has 0 unspecified atom stereocenters. The van der Waals surface area contributed by atoms with Gasteiger partial charge in [-0.2, -0.15) is 4.91 Å². The fourth-order valence-corrected chi connectivity index (χ4v) is 1.14. The van der Waals surface area contributed by atoms with Crippen molar-refractivity contribution in [3.63, 3.8) is 0 Å². The van der Waals surface area contributed by atoms with Crippen LogP contribution < -0.4 is 5.32 Å². The van der Waals surface area contributed by atoms with E-state index in [2.05, 4.69) is 26.4 Å². The molecule has 0 amide bonds. The van der Waals surface area contributed by atoms with E-state index in [1.165, 1.54) is 0 Å². The summed E-state index contributed by atoms with van der Waals surface area (Å²) < 4.78 is 1.01. The summed E-state index contributed by atoms with van der Waals surface area (Å²) in [5.41, 5.74) is 0.953. The van der Waals surface area contributed by atoms with Gasteiger partial charge in [-0.1, -0.05) is 21.1 Å². The normalized spacial score (nSPS) is 16.9. The molecule has 0 bridgehead atoms. The summed E-state index contributed by atoms with van der Waals surface area (Å²) in [6, 6.07) is 0. The van der Waals surface area contributed by atoms with Crippen LogP contribution in [-0.4, -0.2) is 13.1 Å². The van der Waals surface area contributed by atoms with Crippen LogP contribution in [0.4, 0.5) is 0 Å². The zero-order chi connectivity index (χ0) is 7.40. The summed E-state index contributed by atoms with van der Waals surface area (Å²) >= 11 is 3.32. The van der Waals surface area contributed by atoms with Gasteiger partial charge in [-0.25, -0.2) is 0 Å². The first kappa shape index (κ1) is 7.47. The van der Waals surface area contributed by atoms with E-state index in [0.29, 0.717) is 0 Å². The lowest BCUT2D eigenvalue weighted by atomic mass is 10.2. The Morgan fingerprint density at radius 3 is 3.20 bits per heavy atom. The third kappa shape index (κ3) is 1.67.